The average molecular weight is 307 g/mol. The first-order chi connectivity index (χ1) is 10.3. The highest BCUT2D eigenvalue weighted by Crippen LogP contribution is 2.18. The Hall–Kier alpha value is -1.56. The van der Waals surface area contributed by atoms with Crippen molar-refractivity contribution in [1.29, 1.82) is 0 Å². The smallest absolute Gasteiger partial charge is 0.123 e. The van der Waals surface area contributed by atoms with E-state index in [1.807, 2.05) is 18.2 Å². The molecule has 1 atom stereocenters. The van der Waals surface area contributed by atoms with Crippen molar-refractivity contribution in [2.24, 2.45) is 0 Å². The minimum Gasteiger partial charge on any atom is -0.497 e. The number of benzene rings is 1. The Morgan fingerprint density at radius 3 is 2.86 bits per heavy atom. The second-order valence-electron chi connectivity index (χ2n) is 4.68. The van der Waals surface area contributed by atoms with E-state index in [-0.39, 0.29) is 6.61 Å². The van der Waals surface area contributed by atoms with Crippen LogP contribution in [0.2, 0.25) is 0 Å². The summed E-state index contributed by atoms with van der Waals surface area (Å²) in [4.78, 5) is 1.35. The molecule has 0 aliphatic heterocycles. The minimum absolute atomic E-state index is 0.263. The fourth-order valence-corrected chi connectivity index (χ4v) is 2.59. The van der Waals surface area contributed by atoms with Gasteiger partial charge in [0, 0.05) is 24.0 Å². The number of aliphatic hydroxyl groups is 1. The van der Waals surface area contributed by atoms with Crippen LogP contribution < -0.4 is 14.8 Å². The summed E-state index contributed by atoms with van der Waals surface area (Å²) < 4.78 is 10.7. The molecule has 0 bridgehead atoms. The molecule has 1 aromatic carbocycles. The van der Waals surface area contributed by atoms with Gasteiger partial charge in [-0.2, -0.15) is 0 Å². The molecule has 1 heterocycles. The van der Waals surface area contributed by atoms with Gasteiger partial charge in [-0.3, -0.25) is 0 Å². The van der Waals surface area contributed by atoms with Crippen molar-refractivity contribution in [2.45, 2.75) is 12.5 Å². The first-order valence-corrected chi connectivity index (χ1v) is 7.84. The molecular weight excluding hydrogens is 286 g/mol. The highest BCUT2D eigenvalue weighted by Gasteiger charge is 2.05. The lowest BCUT2D eigenvalue weighted by molar-refractivity contribution is 0.106. The van der Waals surface area contributed by atoms with Crippen molar-refractivity contribution >= 4 is 11.3 Å². The molecule has 0 spiro atoms. The van der Waals surface area contributed by atoms with Crippen LogP contribution in [-0.4, -0.2) is 38.0 Å². The Bertz CT molecular complexity index is 516. The zero-order valence-electron chi connectivity index (χ0n) is 12.1. The maximum atomic E-state index is 9.88. The SMILES string of the molecule is COc1cccc(OCC(O)CNCCc2cccs2)c1. The summed E-state index contributed by atoms with van der Waals surface area (Å²) in [7, 11) is 1.62. The van der Waals surface area contributed by atoms with Crippen LogP contribution >= 0.6 is 11.3 Å². The molecule has 0 aliphatic carbocycles. The zero-order chi connectivity index (χ0) is 14.9. The molecule has 2 N–H and O–H groups in total. The first kappa shape index (κ1) is 15.8. The van der Waals surface area contributed by atoms with Gasteiger partial charge in [0.25, 0.3) is 0 Å². The fraction of sp³-hybridized carbons (Fsp3) is 0.375. The van der Waals surface area contributed by atoms with E-state index in [0.717, 1.165) is 18.7 Å². The van der Waals surface area contributed by atoms with Gasteiger partial charge in [-0.15, -0.1) is 11.3 Å². The number of hydrogen-bond donors (Lipinski definition) is 2. The van der Waals surface area contributed by atoms with Gasteiger partial charge in [-0.1, -0.05) is 12.1 Å². The third-order valence-corrected chi connectivity index (χ3v) is 3.93. The van der Waals surface area contributed by atoms with Crippen molar-refractivity contribution in [3.63, 3.8) is 0 Å². The van der Waals surface area contributed by atoms with Gasteiger partial charge in [-0.25, -0.2) is 0 Å². The van der Waals surface area contributed by atoms with Crippen LogP contribution in [0.5, 0.6) is 11.5 Å². The summed E-state index contributed by atoms with van der Waals surface area (Å²) in [5, 5.41) is 15.2. The number of ether oxygens (including phenoxy) is 2. The van der Waals surface area contributed by atoms with Crippen molar-refractivity contribution in [3.05, 3.63) is 46.7 Å². The second-order valence-corrected chi connectivity index (χ2v) is 5.71. The molecule has 0 aliphatic rings. The van der Waals surface area contributed by atoms with Gasteiger partial charge < -0.3 is 19.9 Å². The highest BCUT2D eigenvalue weighted by molar-refractivity contribution is 7.09. The normalized spacial score (nSPS) is 12.1. The molecule has 0 amide bonds. The van der Waals surface area contributed by atoms with Crippen LogP contribution in [0.1, 0.15) is 4.88 Å². The van der Waals surface area contributed by atoms with Crippen molar-refractivity contribution in [2.75, 3.05) is 26.8 Å². The third kappa shape index (κ3) is 5.75. The number of aliphatic hydroxyl groups excluding tert-OH is 1. The summed E-state index contributed by atoms with van der Waals surface area (Å²) in [5.41, 5.74) is 0. The highest BCUT2D eigenvalue weighted by atomic mass is 32.1. The van der Waals surface area contributed by atoms with Gasteiger partial charge in [0.15, 0.2) is 0 Å². The molecule has 5 heteroatoms. The summed E-state index contributed by atoms with van der Waals surface area (Å²) in [6.45, 7) is 1.64. The molecule has 114 valence electrons. The summed E-state index contributed by atoms with van der Waals surface area (Å²) in [5.74, 6) is 1.45. The molecule has 0 fully saturated rings. The van der Waals surface area contributed by atoms with E-state index >= 15 is 0 Å². The molecule has 4 nitrogen and oxygen atoms in total. The van der Waals surface area contributed by atoms with E-state index < -0.39 is 6.10 Å². The van der Waals surface area contributed by atoms with E-state index in [0.29, 0.717) is 12.3 Å². The molecule has 2 rings (SSSR count). The largest absolute Gasteiger partial charge is 0.497 e. The fourth-order valence-electron chi connectivity index (χ4n) is 1.88. The summed E-state index contributed by atoms with van der Waals surface area (Å²) in [6, 6.07) is 11.5. The van der Waals surface area contributed by atoms with Crippen LogP contribution in [0.4, 0.5) is 0 Å². The zero-order valence-corrected chi connectivity index (χ0v) is 12.9. The van der Waals surface area contributed by atoms with Gasteiger partial charge in [-0.05, 0) is 30.0 Å². The van der Waals surface area contributed by atoms with Crippen LogP contribution in [0.25, 0.3) is 0 Å². The number of hydrogen-bond acceptors (Lipinski definition) is 5. The van der Waals surface area contributed by atoms with Crippen molar-refractivity contribution < 1.29 is 14.6 Å². The molecule has 0 saturated carbocycles. The predicted octanol–water partition coefficient (Wildman–Crippen LogP) is 2.33. The van der Waals surface area contributed by atoms with Crippen molar-refractivity contribution in [3.8, 4) is 11.5 Å². The molecule has 1 aromatic heterocycles. The van der Waals surface area contributed by atoms with Crippen LogP contribution in [0.15, 0.2) is 41.8 Å². The number of methoxy groups -OCH3 is 1. The molecular formula is C16H21NO3S. The lowest BCUT2D eigenvalue weighted by atomic mass is 10.3. The molecule has 2 aromatic rings. The lowest BCUT2D eigenvalue weighted by Gasteiger charge is -2.13. The third-order valence-electron chi connectivity index (χ3n) is 2.99. The Morgan fingerprint density at radius 1 is 1.24 bits per heavy atom. The van der Waals surface area contributed by atoms with E-state index in [1.165, 1.54) is 4.88 Å². The van der Waals surface area contributed by atoms with E-state index in [4.69, 9.17) is 9.47 Å². The maximum absolute atomic E-state index is 9.88. The standard InChI is InChI=1S/C16H21NO3S/c1-19-14-4-2-5-15(10-14)20-12-13(18)11-17-8-7-16-6-3-9-21-16/h2-6,9-10,13,17-18H,7-8,11-12H2,1H3. The number of rotatable bonds is 9. The average Bonchev–Trinajstić information content (AvgIpc) is 3.03. The summed E-state index contributed by atoms with van der Waals surface area (Å²) >= 11 is 1.75. The van der Waals surface area contributed by atoms with Gasteiger partial charge in [0.2, 0.25) is 0 Å². The van der Waals surface area contributed by atoms with Crippen LogP contribution in [-0.2, 0) is 6.42 Å². The molecule has 0 saturated heterocycles. The quantitative estimate of drug-likeness (QED) is 0.698. The maximum Gasteiger partial charge on any atom is 0.123 e. The first-order valence-electron chi connectivity index (χ1n) is 6.96. The number of thiophene rings is 1. The minimum atomic E-state index is -0.528. The lowest BCUT2D eigenvalue weighted by Crippen LogP contribution is -2.32. The Kier molecular flexibility index (Phi) is 6.53. The monoisotopic (exact) mass is 307 g/mol. The van der Waals surface area contributed by atoms with Crippen molar-refractivity contribution in [1.82, 2.24) is 5.32 Å². The van der Waals surface area contributed by atoms with E-state index in [1.54, 1.807) is 24.5 Å². The summed E-state index contributed by atoms with van der Waals surface area (Å²) in [6.07, 6.45) is 0.459. The second kappa shape index (κ2) is 8.67. The van der Waals surface area contributed by atoms with Gasteiger partial charge >= 0.3 is 0 Å². The molecule has 0 radical (unpaired) electrons. The predicted molar refractivity (Wildman–Crippen MR) is 85.4 cm³/mol. The Balaban J connectivity index is 1.61. The van der Waals surface area contributed by atoms with Crippen LogP contribution in [0.3, 0.4) is 0 Å². The number of nitrogens with one attached hydrogen (secondary N) is 1. The molecule has 1 unspecified atom stereocenters. The van der Waals surface area contributed by atoms with Gasteiger partial charge in [0.05, 0.1) is 7.11 Å². The van der Waals surface area contributed by atoms with Crippen LogP contribution in [0, 0.1) is 0 Å². The van der Waals surface area contributed by atoms with Gasteiger partial charge in [0.1, 0.15) is 24.2 Å². The Morgan fingerprint density at radius 2 is 2.10 bits per heavy atom. The molecule has 21 heavy (non-hydrogen) atoms. The van der Waals surface area contributed by atoms with E-state index in [2.05, 4.69) is 22.8 Å². The Labute approximate surface area is 129 Å². The van der Waals surface area contributed by atoms with E-state index in [9.17, 15) is 5.11 Å². The topological polar surface area (TPSA) is 50.7 Å².